The van der Waals surface area contributed by atoms with Gasteiger partial charge in [-0.1, -0.05) is 31.5 Å². The van der Waals surface area contributed by atoms with Gasteiger partial charge in [-0.15, -0.1) is 0 Å². The first-order valence-corrected chi connectivity index (χ1v) is 6.08. The van der Waals surface area contributed by atoms with Crippen molar-refractivity contribution in [3.8, 4) is 5.75 Å². The number of methoxy groups -OCH3 is 1. The quantitative estimate of drug-likeness (QED) is 0.793. The highest BCUT2D eigenvalue weighted by molar-refractivity contribution is 5.35. The standard InChI is InChI=1S/C14H23NO/c1-5-8-11(2)15-12(3)13-9-6-7-10-14(13)16-4/h6-7,9-12,15H,5,8H2,1-4H3. The largest absolute Gasteiger partial charge is 0.496 e. The third-order valence-corrected chi connectivity index (χ3v) is 2.86. The van der Waals surface area contributed by atoms with Gasteiger partial charge in [0, 0.05) is 17.6 Å². The lowest BCUT2D eigenvalue weighted by atomic mass is 10.1. The second kappa shape index (κ2) is 6.54. The van der Waals surface area contributed by atoms with Crippen molar-refractivity contribution in [3.05, 3.63) is 29.8 Å². The van der Waals surface area contributed by atoms with E-state index in [2.05, 4.69) is 38.2 Å². The van der Waals surface area contributed by atoms with E-state index in [1.165, 1.54) is 18.4 Å². The van der Waals surface area contributed by atoms with Gasteiger partial charge in [-0.3, -0.25) is 0 Å². The minimum absolute atomic E-state index is 0.331. The number of rotatable bonds is 6. The first-order chi connectivity index (χ1) is 7.69. The molecule has 0 saturated heterocycles. The average molecular weight is 221 g/mol. The summed E-state index contributed by atoms with van der Waals surface area (Å²) in [6.45, 7) is 6.63. The predicted octanol–water partition coefficient (Wildman–Crippen LogP) is 3.53. The second-order valence-electron chi connectivity index (χ2n) is 4.32. The van der Waals surface area contributed by atoms with Gasteiger partial charge in [0.2, 0.25) is 0 Å². The van der Waals surface area contributed by atoms with Crippen LogP contribution in [0.1, 0.15) is 45.2 Å². The molecule has 0 aliphatic rings. The van der Waals surface area contributed by atoms with Crippen LogP contribution in [0.5, 0.6) is 5.75 Å². The zero-order chi connectivity index (χ0) is 12.0. The van der Waals surface area contributed by atoms with Gasteiger partial charge < -0.3 is 10.1 Å². The highest BCUT2D eigenvalue weighted by atomic mass is 16.5. The van der Waals surface area contributed by atoms with E-state index < -0.39 is 0 Å². The van der Waals surface area contributed by atoms with Crippen LogP contribution in [0, 0.1) is 0 Å². The minimum Gasteiger partial charge on any atom is -0.496 e. The molecule has 1 aromatic rings. The van der Waals surface area contributed by atoms with Crippen LogP contribution in [-0.4, -0.2) is 13.2 Å². The van der Waals surface area contributed by atoms with Crippen LogP contribution in [0.15, 0.2) is 24.3 Å². The van der Waals surface area contributed by atoms with E-state index in [1.54, 1.807) is 7.11 Å². The summed E-state index contributed by atoms with van der Waals surface area (Å²) in [6.07, 6.45) is 2.42. The van der Waals surface area contributed by atoms with Gasteiger partial charge in [-0.2, -0.15) is 0 Å². The maximum absolute atomic E-state index is 5.37. The van der Waals surface area contributed by atoms with Crippen molar-refractivity contribution >= 4 is 0 Å². The molecule has 0 heterocycles. The number of benzene rings is 1. The fourth-order valence-corrected chi connectivity index (χ4v) is 2.06. The number of hydrogen-bond donors (Lipinski definition) is 1. The summed E-state index contributed by atoms with van der Waals surface area (Å²) in [7, 11) is 1.72. The Balaban J connectivity index is 2.68. The molecule has 2 atom stereocenters. The Morgan fingerprint density at radius 3 is 2.56 bits per heavy atom. The summed E-state index contributed by atoms with van der Waals surface area (Å²) < 4.78 is 5.37. The Labute approximate surface area is 99.0 Å². The van der Waals surface area contributed by atoms with E-state index in [-0.39, 0.29) is 0 Å². The van der Waals surface area contributed by atoms with Crippen LogP contribution in [0.2, 0.25) is 0 Å². The van der Waals surface area contributed by atoms with Crippen molar-refractivity contribution in [2.45, 2.75) is 45.7 Å². The normalized spacial score (nSPS) is 14.5. The smallest absolute Gasteiger partial charge is 0.123 e. The van der Waals surface area contributed by atoms with Gasteiger partial charge in [0.05, 0.1) is 7.11 Å². The summed E-state index contributed by atoms with van der Waals surface area (Å²) >= 11 is 0. The third-order valence-electron chi connectivity index (χ3n) is 2.86. The summed E-state index contributed by atoms with van der Waals surface area (Å²) in [6, 6.07) is 9.07. The molecule has 2 heteroatoms. The number of ether oxygens (including phenoxy) is 1. The Morgan fingerprint density at radius 1 is 1.25 bits per heavy atom. The molecule has 0 saturated carbocycles. The molecule has 0 amide bonds. The van der Waals surface area contributed by atoms with E-state index >= 15 is 0 Å². The van der Waals surface area contributed by atoms with E-state index in [9.17, 15) is 0 Å². The zero-order valence-corrected chi connectivity index (χ0v) is 10.8. The fourth-order valence-electron chi connectivity index (χ4n) is 2.06. The van der Waals surface area contributed by atoms with Crippen LogP contribution < -0.4 is 10.1 Å². The first kappa shape index (κ1) is 13.0. The molecule has 0 bridgehead atoms. The van der Waals surface area contributed by atoms with Gasteiger partial charge >= 0.3 is 0 Å². The van der Waals surface area contributed by atoms with Crippen LogP contribution in [0.4, 0.5) is 0 Å². The van der Waals surface area contributed by atoms with Crippen molar-refractivity contribution in [3.63, 3.8) is 0 Å². The van der Waals surface area contributed by atoms with E-state index in [4.69, 9.17) is 4.74 Å². The molecule has 0 aliphatic carbocycles. The maximum atomic E-state index is 5.37. The molecule has 0 aromatic heterocycles. The Bertz CT molecular complexity index is 311. The number of hydrogen-bond acceptors (Lipinski definition) is 2. The molecule has 0 spiro atoms. The van der Waals surface area contributed by atoms with Crippen molar-refractivity contribution in [1.29, 1.82) is 0 Å². The molecule has 1 N–H and O–H groups in total. The van der Waals surface area contributed by atoms with Gasteiger partial charge in [-0.05, 0) is 26.3 Å². The SMILES string of the molecule is CCCC(C)NC(C)c1ccccc1OC. The zero-order valence-electron chi connectivity index (χ0n) is 10.8. The molecule has 0 aliphatic heterocycles. The molecule has 2 nitrogen and oxygen atoms in total. The van der Waals surface area contributed by atoms with Gasteiger partial charge in [-0.25, -0.2) is 0 Å². The molecule has 2 unspecified atom stereocenters. The van der Waals surface area contributed by atoms with Gasteiger partial charge in [0.1, 0.15) is 5.75 Å². The Kier molecular flexibility index (Phi) is 5.33. The van der Waals surface area contributed by atoms with Crippen molar-refractivity contribution in [2.75, 3.05) is 7.11 Å². The van der Waals surface area contributed by atoms with Crippen LogP contribution >= 0.6 is 0 Å². The van der Waals surface area contributed by atoms with Gasteiger partial charge in [0.15, 0.2) is 0 Å². The first-order valence-electron chi connectivity index (χ1n) is 6.08. The van der Waals surface area contributed by atoms with Crippen molar-refractivity contribution < 1.29 is 4.74 Å². The molecular formula is C14H23NO. The molecule has 16 heavy (non-hydrogen) atoms. The lowest BCUT2D eigenvalue weighted by molar-refractivity contribution is 0.392. The van der Waals surface area contributed by atoms with Crippen LogP contribution in [-0.2, 0) is 0 Å². The van der Waals surface area contributed by atoms with Gasteiger partial charge in [0.25, 0.3) is 0 Å². The molecule has 1 rings (SSSR count). The summed E-state index contributed by atoms with van der Waals surface area (Å²) in [4.78, 5) is 0. The molecule has 90 valence electrons. The van der Waals surface area contributed by atoms with Crippen molar-refractivity contribution in [2.24, 2.45) is 0 Å². The predicted molar refractivity (Wildman–Crippen MR) is 68.9 cm³/mol. The summed E-state index contributed by atoms with van der Waals surface area (Å²) in [5, 5.41) is 3.59. The van der Waals surface area contributed by atoms with Crippen LogP contribution in [0.25, 0.3) is 0 Å². The average Bonchev–Trinajstić information content (AvgIpc) is 2.29. The minimum atomic E-state index is 0.331. The Hall–Kier alpha value is -1.02. The Morgan fingerprint density at radius 2 is 1.94 bits per heavy atom. The molecular weight excluding hydrogens is 198 g/mol. The fraction of sp³-hybridized carbons (Fsp3) is 0.571. The number of para-hydroxylation sites is 1. The van der Waals surface area contributed by atoms with Crippen LogP contribution in [0.3, 0.4) is 0 Å². The molecule has 1 aromatic carbocycles. The number of nitrogens with one attached hydrogen (secondary N) is 1. The summed E-state index contributed by atoms with van der Waals surface area (Å²) in [5.41, 5.74) is 1.23. The van der Waals surface area contributed by atoms with E-state index in [0.717, 1.165) is 5.75 Å². The second-order valence-corrected chi connectivity index (χ2v) is 4.32. The highest BCUT2D eigenvalue weighted by Gasteiger charge is 2.12. The lowest BCUT2D eigenvalue weighted by Gasteiger charge is -2.21. The van der Waals surface area contributed by atoms with E-state index in [1.807, 2.05) is 12.1 Å². The maximum Gasteiger partial charge on any atom is 0.123 e. The molecule has 0 fully saturated rings. The third kappa shape index (κ3) is 3.53. The summed E-state index contributed by atoms with van der Waals surface area (Å²) in [5.74, 6) is 0.964. The molecule has 0 radical (unpaired) electrons. The van der Waals surface area contributed by atoms with E-state index in [0.29, 0.717) is 12.1 Å². The topological polar surface area (TPSA) is 21.3 Å². The highest BCUT2D eigenvalue weighted by Crippen LogP contribution is 2.24. The van der Waals surface area contributed by atoms with Crippen molar-refractivity contribution in [1.82, 2.24) is 5.32 Å². The lowest BCUT2D eigenvalue weighted by Crippen LogP contribution is -2.28. The monoisotopic (exact) mass is 221 g/mol.